The maximum Gasteiger partial charge on any atom is 0.295 e. The van der Waals surface area contributed by atoms with Crippen molar-refractivity contribution < 1.29 is 19.1 Å². The standard InChI is InChI=1S/C23H20ClNO4/c24-18-9-6-16(7-10-18)14-28-21-19-5-2-1-4-17(19)8-11-20(21)22(27)25-23(29-15-26)12-3-13-23/h1-2,4-11,15H,3,12-14H2,(H,25,27). The van der Waals surface area contributed by atoms with Crippen molar-refractivity contribution in [1.82, 2.24) is 5.32 Å². The van der Waals surface area contributed by atoms with Gasteiger partial charge in [0.2, 0.25) is 0 Å². The molecule has 0 atom stereocenters. The van der Waals surface area contributed by atoms with Gasteiger partial charge >= 0.3 is 0 Å². The summed E-state index contributed by atoms with van der Waals surface area (Å²) in [5, 5.41) is 5.33. The van der Waals surface area contributed by atoms with Gasteiger partial charge in [-0.2, -0.15) is 0 Å². The van der Waals surface area contributed by atoms with Crippen LogP contribution in [0.4, 0.5) is 0 Å². The number of hydrogen-bond acceptors (Lipinski definition) is 4. The van der Waals surface area contributed by atoms with E-state index in [-0.39, 0.29) is 5.91 Å². The molecule has 3 aromatic rings. The van der Waals surface area contributed by atoms with Crippen LogP contribution in [0, 0.1) is 0 Å². The lowest BCUT2D eigenvalue weighted by atomic mass is 9.87. The van der Waals surface area contributed by atoms with Gasteiger partial charge in [0.15, 0.2) is 5.72 Å². The van der Waals surface area contributed by atoms with Gasteiger partial charge in [-0.05, 0) is 35.6 Å². The molecular weight excluding hydrogens is 390 g/mol. The smallest absolute Gasteiger partial charge is 0.295 e. The molecular formula is C23H20ClNO4. The number of fused-ring (bicyclic) bond motifs is 1. The fraction of sp³-hybridized carbons (Fsp3) is 0.217. The van der Waals surface area contributed by atoms with E-state index in [1.807, 2.05) is 42.5 Å². The second-order valence-corrected chi connectivity index (χ2v) is 7.53. The molecule has 6 heteroatoms. The maximum atomic E-state index is 13.0. The van der Waals surface area contributed by atoms with E-state index in [0.717, 1.165) is 22.8 Å². The van der Waals surface area contributed by atoms with E-state index in [2.05, 4.69) is 5.32 Å². The molecule has 0 spiro atoms. The van der Waals surface area contributed by atoms with E-state index in [4.69, 9.17) is 21.1 Å². The number of carbonyl (C=O) groups excluding carboxylic acids is 2. The molecule has 5 nitrogen and oxygen atoms in total. The molecule has 1 fully saturated rings. The zero-order chi connectivity index (χ0) is 20.3. The third-order valence-corrected chi connectivity index (χ3v) is 5.45. The zero-order valence-corrected chi connectivity index (χ0v) is 16.4. The Hall–Kier alpha value is -3.05. The Bertz CT molecular complexity index is 1040. The lowest BCUT2D eigenvalue weighted by Gasteiger charge is -2.40. The first-order chi connectivity index (χ1) is 14.1. The average molecular weight is 410 g/mol. The van der Waals surface area contributed by atoms with Gasteiger partial charge in [0, 0.05) is 23.3 Å². The molecule has 0 radical (unpaired) electrons. The van der Waals surface area contributed by atoms with Crippen molar-refractivity contribution in [2.45, 2.75) is 31.6 Å². The van der Waals surface area contributed by atoms with Crippen LogP contribution < -0.4 is 10.1 Å². The fourth-order valence-corrected chi connectivity index (χ4v) is 3.58. The number of amides is 1. The van der Waals surface area contributed by atoms with Gasteiger partial charge in [0.05, 0.1) is 5.56 Å². The SMILES string of the molecule is O=COC1(NC(=O)c2ccc3ccccc3c2OCc2ccc(Cl)cc2)CCC1. The first-order valence-electron chi connectivity index (χ1n) is 9.43. The summed E-state index contributed by atoms with van der Waals surface area (Å²) in [6, 6.07) is 18.7. The van der Waals surface area contributed by atoms with E-state index in [1.54, 1.807) is 18.2 Å². The predicted molar refractivity (Wildman–Crippen MR) is 111 cm³/mol. The molecule has 0 unspecified atom stereocenters. The van der Waals surface area contributed by atoms with Gasteiger partial charge < -0.3 is 14.8 Å². The first kappa shape index (κ1) is 19.3. The van der Waals surface area contributed by atoms with Crippen LogP contribution in [0.3, 0.4) is 0 Å². The number of benzene rings is 3. The van der Waals surface area contributed by atoms with Crippen molar-refractivity contribution in [3.63, 3.8) is 0 Å². The number of carbonyl (C=O) groups is 2. The van der Waals surface area contributed by atoms with Crippen molar-refractivity contribution in [2.75, 3.05) is 0 Å². The Kier molecular flexibility index (Phi) is 5.41. The first-order valence-corrected chi connectivity index (χ1v) is 9.81. The van der Waals surface area contributed by atoms with Gasteiger partial charge in [-0.1, -0.05) is 54.1 Å². The van der Waals surface area contributed by atoms with Crippen LogP contribution in [0.5, 0.6) is 5.75 Å². The summed E-state index contributed by atoms with van der Waals surface area (Å²) in [6.07, 6.45) is 2.10. The van der Waals surface area contributed by atoms with E-state index in [1.165, 1.54) is 0 Å². The number of ether oxygens (including phenoxy) is 2. The molecule has 1 amide bonds. The molecule has 0 heterocycles. The van der Waals surface area contributed by atoms with Crippen LogP contribution in [-0.2, 0) is 16.1 Å². The van der Waals surface area contributed by atoms with E-state index < -0.39 is 5.72 Å². The number of halogens is 1. The molecule has 0 bridgehead atoms. The van der Waals surface area contributed by atoms with Crippen LogP contribution >= 0.6 is 11.6 Å². The molecule has 1 saturated carbocycles. The molecule has 0 aliphatic heterocycles. The summed E-state index contributed by atoms with van der Waals surface area (Å²) in [5.41, 5.74) is 0.421. The molecule has 0 saturated heterocycles. The molecule has 148 valence electrons. The Balaban J connectivity index is 1.65. The molecule has 1 N–H and O–H groups in total. The third kappa shape index (κ3) is 4.05. The molecule has 4 rings (SSSR count). The van der Waals surface area contributed by atoms with Crippen LogP contribution in [0.1, 0.15) is 35.2 Å². The van der Waals surface area contributed by atoms with E-state index >= 15 is 0 Å². The Morgan fingerprint density at radius 1 is 1.07 bits per heavy atom. The molecule has 1 aliphatic carbocycles. The highest BCUT2D eigenvalue weighted by Gasteiger charge is 2.41. The Morgan fingerprint density at radius 2 is 1.83 bits per heavy atom. The van der Waals surface area contributed by atoms with Crippen molar-refractivity contribution in [3.05, 3.63) is 76.8 Å². The van der Waals surface area contributed by atoms with E-state index in [0.29, 0.717) is 42.3 Å². The quantitative estimate of drug-likeness (QED) is 0.447. The van der Waals surface area contributed by atoms with Crippen LogP contribution in [0.15, 0.2) is 60.7 Å². The lowest BCUT2D eigenvalue weighted by Crippen LogP contribution is -2.55. The molecule has 3 aromatic carbocycles. The normalized spacial score (nSPS) is 14.7. The van der Waals surface area contributed by atoms with Crippen molar-refractivity contribution in [3.8, 4) is 5.75 Å². The van der Waals surface area contributed by atoms with Crippen molar-refractivity contribution >= 4 is 34.8 Å². The fourth-order valence-electron chi connectivity index (χ4n) is 3.45. The number of rotatable bonds is 7. The molecule has 0 aromatic heterocycles. The highest BCUT2D eigenvalue weighted by Crippen LogP contribution is 2.35. The Labute approximate surface area is 173 Å². The second-order valence-electron chi connectivity index (χ2n) is 7.09. The van der Waals surface area contributed by atoms with Crippen LogP contribution in [0.25, 0.3) is 10.8 Å². The van der Waals surface area contributed by atoms with Gasteiger partial charge in [0.1, 0.15) is 12.4 Å². The van der Waals surface area contributed by atoms with Gasteiger partial charge in [-0.3, -0.25) is 9.59 Å². The predicted octanol–water partition coefficient (Wildman–Crippen LogP) is 4.86. The minimum Gasteiger partial charge on any atom is -0.487 e. The summed E-state index contributed by atoms with van der Waals surface area (Å²) in [6.45, 7) is 0.680. The topological polar surface area (TPSA) is 64.6 Å². The van der Waals surface area contributed by atoms with Crippen LogP contribution in [-0.4, -0.2) is 18.1 Å². The largest absolute Gasteiger partial charge is 0.487 e. The summed E-state index contributed by atoms with van der Waals surface area (Å²) in [5.74, 6) is 0.166. The molecule has 29 heavy (non-hydrogen) atoms. The highest BCUT2D eigenvalue weighted by molar-refractivity contribution is 6.30. The average Bonchev–Trinajstić information content (AvgIpc) is 2.71. The number of nitrogens with one attached hydrogen (secondary N) is 1. The lowest BCUT2D eigenvalue weighted by molar-refractivity contribution is -0.156. The third-order valence-electron chi connectivity index (χ3n) is 5.20. The summed E-state index contributed by atoms with van der Waals surface area (Å²) in [7, 11) is 0. The zero-order valence-electron chi connectivity index (χ0n) is 15.7. The molecule has 1 aliphatic rings. The monoisotopic (exact) mass is 409 g/mol. The second kappa shape index (κ2) is 8.13. The summed E-state index contributed by atoms with van der Waals surface area (Å²) in [4.78, 5) is 23.9. The van der Waals surface area contributed by atoms with Gasteiger partial charge in [0.25, 0.3) is 12.4 Å². The van der Waals surface area contributed by atoms with Gasteiger partial charge in [-0.25, -0.2) is 0 Å². The minimum absolute atomic E-state index is 0.293. The summed E-state index contributed by atoms with van der Waals surface area (Å²) < 4.78 is 11.3. The highest BCUT2D eigenvalue weighted by atomic mass is 35.5. The van der Waals surface area contributed by atoms with E-state index in [9.17, 15) is 9.59 Å². The Morgan fingerprint density at radius 3 is 2.52 bits per heavy atom. The van der Waals surface area contributed by atoms with Crippen molar-refractivity contribution in [1.29, 1.82) is 0 Å². The van der Waals surface area contributed by atoms with Crippen LogP contribution in [0.2, 0.25) is 5.02 Å². The minimum atomic E-state index is -0.919. The van der Waals surface area contributed by atoms with Crippen molar-refractivity contribution in [2.24, 2.45) is 0 Å². The number of hydrogen-bond donors (Lipinski definition) is 1. The summed E-state index contributed by atoms with van der Waals surface area (Å²) >= 11 is 5.95. The van der Waals surface area contributed by atoms with Gasteiger partial charge in [-0.15, -0.1) is 0 Å². The maximum absolute atomic E-state index is 13.0.